The van der Waals surface area contributed by atoms with Crippen LogP contribution in [0.2, 0.25) is 0 Å². The molecule has 1 aliphatic rings. The molecule has 0 bridgehead atoms. The number of H-pyrrole nitrogens is 1. The maximum atomic E-state index is 12.0. The van der Waals surface area contributed by atoms with Crippen LogP contribution in [-0.4, -0.2) is 34.1 Å². The van der Waals surface area contributed by atoms with Crippen LogP contribution in [0.5, 0.6) is 0 Å². The van der Waals surface area contributed by atoms with Crippen molar-refractivity contribution in [1.82, 2.24) is 15.1 Å². The molecule has 0 radical (unpaired) electrons. The van der Waals surface area contributed by atoms with E-state index in [1.165, 1.54) is 6.20 Å². The highest BCUT2D eigenvalue weighted by Gasteiger charge is 2.27. The Kier molecular flexibility index (Phi) is 2.62. The predicted octanol–water partition coefficient (Wildman–Crippen LogP) is 0.864. The number of nitrogens with zero attached hydrogens (tertiary/aromatic N) is 2. The molecule has 1 saturated heterocycles. The number of likely N-dealkylation sites (tertiary alicyclic amines) is 1. The first-order valence-corrected chi connectivity index (χ1v) is 5.30. The lowest BCUT2D eigenvalue weighted by Gasteiger charge is -2.15. The van der Waals surface area contributed by atoms with Crippen LogP contribution in [0.15, 0.2) is 6.20 Å². The fraction of sp³-hybridized carbons (Fsp3) is 0.600. The summed E-state index contributed by atoms with van der Waals surface area (Å²) in [6, 6.07) is 0. The van der Waals surface area contributed by atoms with E-state index in [4.69, 9.17) is 5.73 Å². The van der Waals surface area contributed by atoms with Crippen molar-refractivity contribution in [3.05, 3.63) is 11.9 Å². The lowest BCUT2D eigenvalue weighted by atomic mass is 10.1. The van der Waals surface area contributed by atoms with E-state index < -0.39 is 0 Å². The molecule has 1 fully saturated rings. The zero-order chi connectivity index (χ0) is 10.8. The Labute approximate surface area is 88.6 Å². The van der Waals surface area contributed by atoms with Gasteiger partial charge in [0.1, 0.15) is 5.69 Å². The van der Waals surface area contributed by atoms with Gasteiger partial charge >= 0.3 is 0 Å². The van der Waals surface area contributed by atoms with Gasteiger partial charge in [0.05, 0.1) is 11.9 Å². The number of rotatable bonds is 2. The molecule has 1 aliphatic heterocycles. The summed E-state index contributed by atoms with van der Waals surface area (Å²) in [7, 11) is 0. The number of anilines is 1. The van der Waals surface area contributed by atoms with Crippen LogP contribution in [-0.2, 0) is 0 Å². The van der Waals surface area contributed by atoms with Gasteiger partial charge in [-0.3, -0.25) is 9.89 Å². The molecule has 82 valence electrons. The number of nitrogens with two attached hydrogens (primary N) is 1. The van der Waals surface area contributed by atoms with Crippen molar-refractivity contribution in [3.8, 4) is 0 Å². The van der Waals surface area contributed by atoms with Crippen molar-refractivity contribution in [2.45, 2.75) is 19.8 Å². The van der Waals surface area contributed by atoms with Gasteiger partial charge < -0.3 is 10.6 Å². The Hall–Kier alpha value is -1.52. The molecule has 2 heterocycles. The number of carbonyl (C=O) groups excluding carboxylic acids is 1. The normalized spacial score (nSPS) is 20.9. The van der Waals surface area contributed by atoms with Gasteiger partial charge in [-0.2, -0.15) is 5.10 Å². The largest absolute Gasteiger partial charge is 0.396 e. The Morgan fingerprint density at radius 1 is 1.80 bits per heavy atom. The van der Waals surface area contributed by atoms with Crippen molar-refractivity contribution in [2.75, 3.05) is 18.8 Å². The molecule has 3 N–H and O–H groups in total. The summed E-state index contributed by atoms with van der Waals surface area (Å²) >= 11 is 0. The molecule has 0 spiro atoms. The van der Waals surface area contributed by atoms with Crippen molar-refractivity contribution >= 4 is 11.6 Å². The van der Waals surface area contributed by atoms with E-state index in [-0.39, 0.29) is 5.91 Å². The quantitative estimate of drug-likeness (QED) is 0.757. The highest BCUT2D eigenvalue weighted by atomic mass is 16.2. The lowest BCUT2D eigenvalue weighted by molar-refractivity contribution is 0.0782. The maximum absolute atomic E-state index is 12.0. The summed E-state index contributed by atoms with van der Waals surface area (Å²) in [5.74, 6) is 0.610. The van der Waals surface area contributed by atoms with Crippen molar-refractivity contribution < 1.29 is 4.79 Å². The first-order valence-electron chi connectivity index (χ1n) is 5.30. The van der Waals surface area contributed by atoms with E-state index in [0.717, 1.165) is 25.9 Å². The minimum absolute atomic E-state index is 0.0269. The number of carbonyl (C=O) groups is 1. The average Bonchev–Trinajstić information content (AvgIpc) is 2.84. The molecule has 2 rings (SSSR count). The van der Waals surface area contributed by atoms with E-state index >= 15 is 0 Å². The summed E-state index contributed by atoms with van der Waals surface area (Å²) < 4.78 is 0. The molecule has 1 aromatic rings. The monoisotopic (exact) mass is 208 g/mol. The van der Waals surface area contributed by atoms with Crippen LogP contribution in [0, 0.1) is 5.92 Å². The minimum Gasteiger partial charge on any atom is -0.396 e. The third-order valence-electron chi connectivity index (χ3n) is 3.03. The van der Waals surface area contributed by atoms with Gasteiger partial charge in [0, 0.05) is 13.1 Å². The fourth-order valence-corrected chi connectivity index (χ4v) is 1.98. The van der Waals surface area contributed by atoms with Gasteiger partial charge in [0.25, 0.3) is 5.91 Å². The van der Waals surface area contributed by atoms with Crippen molar-refractivity contribution in [3.63, 3.8) is 0 Å². The Morgan fingerprint density at radius 3 is 3.13 bits per heavy atom. The third kappa shape index (κ3) is 1.82. The molecule has 0 aromatic carbocycles. The van der Waals surface area contributed by atoms with E-state index in [1.807, 2.05) is 4.90 Å². The van der Waals surface area contributed by atoms with Crippen LogP contribution in [0.3, 0.4) is 0 Å². The number of hydrogen-bond acceptors (Lipinski definition) is 3. The molecule has 5 nitrogen and oxygen atoms in total. The molecule has 15 heavy (non-hydrogen) atoms. The minimum atomic E-state index is -0.0269. The number of amides is 1. The second-order valence-electron chi connectivity index (χ2n) is 4.01. The van der Waals surface area contributed by atoms with Gasteiger partial charge in [0.15, 0.2) is 0 Å². The summed E-state index contributed by atoms with van der Waals surface area (Å²) in [4.78, 5) is 13.8. The zero-order valence-electron chi connectivity index (χ0n) is 8.86. The number of aromatic amines is 1. The lowest BCUT2D eigenvalue weighted by Crippen LogP contribution is -2.29. The third-order valence-corrected chi connectivity index (χ3v) is 3.03. The van der Waals surface area contributed by atoms with Gasteiger partial charge in [-0.1, -0.05) is 13.3 Å². The second kappa shape index (κ2) is 3.92. The van der Waals surface area contributed by atoms with Crippen LogP contribution in [0.1, 0.15) is 30.3 Å². The van der Waals surface area contributed by atoms with Crippen molar-refractivity contribution in [2.24, 2.45) is 5.92 Å². The summed E-state index contributed by atoms with van der Waals surface area (Å²) in [6.07, 6.45) is 3.69. The number of hydrogen-bond donors (Lipinski definition) is 2. The molecule has 1 atom stereocenters. The molecule has 1 aromatic heterocycles. The fourth-order valence-electron chi connectivity index (χ4n) is 1.98. The van der Waals surface area contributed by atoms with Crippen LogP contribution < -0.4 is 5.73 Å². The second-order valence-corrected chi connectivity index (χ2v) is 4.01. The Bertz CT molecular complexity index is 360. The van der Waals surface area contributed by atoms with Gasteiger partial charge in [0.2, 0.25) is 0 Å². The molecule has 1 amide bonds. The summed E-state index contributed by atoms with van der Waals surface area (Å²) in [5.41, 5.74) is 6.49. The molecule has 5 heteroatoms. The van der Waals surface area contributed by atoms with Gasteiger partial charge in [-0.05, 0) is 12.3 Å². The molecule has 0 aliphatic carbocycles. The average molecular weight is 208 g/mol. The number of nitrogens with one attached hydrogen (secondary N) is 1. The number of aromatic nitrogens is 2. The van der Waals surface area contributed by atoms with E-state index in [9.17, 15) is 4.79 Å². The smallest absolute Gasteiger partial charge is 0.274 e. The van der Waals surface area contributed by atoms with E-state index in [0.29, 0.717) is 17.3 Å². The highest BCUT2D eigenvalue weighted by Crippen LogP contribution is 2.21. The molecule has 0 saturated carbocycles. The SMILES string of the molecule is CCC1CCN(C(=O)c2[nH]ncc2N)C1. The van der Waals surface area contributed by atoms with Gasteiger partial charge in [-0.25, -0.2) is 0 Å². The first-order chi connectivity index (χ1) is 7.22. The van der Waals surface area contributed by atoms with Gasteiger partial charge in [-0.15, -0.1) is 0 Å². The first kappa shape index (κ1) is 10.0. The summed E-state index contributed by atoms with van der Waals surface area (Å²) in [6.45, 7) is 3.83. The summed E-state index contributed by atoms with van der Waals surface area (Å²) in [5, 5.41) is 6.40. The molecular weight excluding hydrogens is 192 g/mol. The Morgan fingerprint density at radius 2 is 2.60 bits per heavy atom. The zero-order valence-corrected chi connectivity index (χ0v) is 8.86. The molecular formula is C10H16N4O. The van der Waals surface area contributed by atoms with Crippen molar-refractivity contribution in [1.29, 1.82) is 0 Å². The topological polar surface area (TPSA) is 75.0 Å². The van der Waals surface area contributed by atoms with E-state index in [2.05, 4.69) is 17.1 Å². The molecule has 1 unspecified atom stereocenters. The Balaban J connectivity index is 2.07. The predicted molar refractivity (Wildman–Crippen MR) is 57.3 cm³/mol. The highest BCUT2D eigenvalue weighted by molar-refractivity contribution is 5.97. The van der Waals surface area contributed by atoms with Crippen LogP contribution in [0.4, 0.5) is 5.69 Å². The van der Waals surface area contributed by atoms with Crippen LogP contribution >= 0.6 is 0 Å². The van der Waals surface area contributed by atoms with Crippen LogP contribution in [0.25, 0.3) is 0 Å². The standard InChI is InChI=1S/C10H16N4O/c1-2-7-3-4-14(6-7)10(15)9-8(11)5-12-13-9/h5,7H,2-4,6,11H2,1H3,(H,12,13). The number of nitrogen functional groups attached to an aromatic ring is 1. The maximum Gasteiger partial charge on any atom is 0.274 e. The van der Waals surface area contributed by atoms with E-state index in [1.54, 1.807) is 0 Å².